The summed E-state index contributed by atoms with van der Waals surface area (Å²) in [5.41, 5.74) is 2.64. The standard InChI is InChI=1S/C23H25FN4O3/c1-31-22(29)20-19(25-23(30)26-21(20)16-7-9-17(24)10-8-16)15-27-11-13-28(14-12-27)18-5-3-2-4-6-18/h2-10,21H,11-15H2,1H3,(H2,25,26,30). The van der Waals surface area contributed by atoms with Crippen LogP contribution >= 0.6 is 0 Å². The number of piperazine rings is 1. The van der Waals surface area contributed by atoms with Crippen molar-refractivity contribution < 1.29 is 18.7 Å². The fourth-order valence-electron chi connectivity index (χ4n) is 4.03. The molecule has 31 heavy (non-hydrogen) atoms. The minimum absolute atomic E-state index is 0.333. The highest BCUT2D eigenvalue weighted by atomic mass is 19.1. The van der Waals surface area contributed by atoms with E-state index in [1.807, 2.05) is 18.2 Å². The van der Waals surface area contributed by atoms with Gasteiger partial charge >= 0.3 is 12.0 Å². The number of methoxy groups -OCH3 is 1. The summed E-state index contributed by atoms with van der Waals surface area (Å²) in [6, 6.07) is 14.9. The van der Waals surface area contributed by atoms with Crippen molar-refractivity contribution in [3.63, 3.8) is 0 Å². The van der Waals surface area contributed by atoms with E-state index in [-0.39, 0.29) is 5.82 Å². The minimum atomic E-state index is -0.706. The smallest absolute Gasteiger partial charge is 0.338 e. The third-order valence-electron chi connectivity index (χ3n) is 5.64. The summed E-state index contributed by atoms with van der Waals surface area (Å²) in [6.45, 7) is 3.68. The number of anilines is 1. The summed E-state index contributed by atoms with van der Waals surface area (Å²) in [4.78, 5) is 29.5. The van der Waals surface area contributed by atoms with Gasteiger partial charge < -0.3 is 20.3 Å². The molecule has 1 atom stereocenters. The number of nitrogens with zero attached hydrogens (tertiary/aromatic N) is 2. The number of esters is 1. The Morgan fingerprint density at radius 1 is 1.06 bits per heavy atom. The molecule has 162 valence electrons. The van der Waals surface area contributed by atoms with Gasteiger partial charge in [-0.25, -0.2) is 14.0 Å². The maximum Gasteiger partial charge on any atom is 0.338 e. The number of rotatable bonds is 5. The number of ether oxygens (including phenoxy) is 1. The Labute approximate surface area is 180 Å². The average molecular weight is 424 g/mol. The molecule has 2 aromatic carbocycles. The Morgan fingerprint density at radius 3 is 2.39 bits per heavy atom. The molecule has 2 aromatic rings. The molecule has 0 radical (unpaired) electrons. The summed E-state index contributed by atoms with van der Waals surface area (Å²) in [7, 11) is 1.31. The van der Waals surface area contributed by atoms with Crippen LogP contribution in [-0.4, -0.2) is 56.7 Å². The van der Waals surface area contributed by atoms with E-state index in [1.54, 1.807) is 12.1 Å². The number of carbonyl (C=O) groups is 2. The van der Waals surface area contributed by atoms with Gasteiger partial charge in [-0.3, -0.25) is 4.90 Å². The van der Waals surface area contributed by atoms with Crippen LogP contribution in [0.5, 0.6) is 0 Å². The first-order chi connectivity index (χ1) is 15.0. The van der Waals surface area contributed by atoms with Gasteiger partial charge in [0.1, 0.15) is 5.82 Å². The Balaban J connectivity index is 1.54. The summed E-state index contributed by atoms with van der Waals surface area (Å²) >= 11 is 0. The number of urea groups is 1. The van der Waals surface area contributed by atoms with Gasteiger partial charge in [0.05, 0.1) is 18.7 Å². The number of hydrogen-bond donors (Lipinski definition) is 2. The number of hydrogen-bond acceptors (Lipinski definition) is 5. The number of nitrogens with one attached hydrogen (secondary N) is 2. The van der Waals surface area contributed by atoms with Crippen molar-refractivity contribution in [2.45, 2.75) is 6.04 Å². The molecule has 2 aliphatic rings. The van der Waals surface area contributed by atoms with E-state index in [4.69, 9.17) is 4.74 Å². The van der Waals surface area contributed by atoms with E-state index >= 15 is 0 Å². The van der Waals surface area contributed by atoms with Crippen molar-refractivity contribution in [2.75, 3.05) is 44.7 Å². The lowest BCUT2D eigenvalue weighted by Gasteiger charge is -2.38. The number of benzene rings is 2. The van der Waals surface area contributed by atoms with Gasteiger partial charge in [0.2, 0.25) is 0 Å². The van der Waals surface area contributed by atoms with Gasteiger partial charge in [-0.05, 0) is 29.8 Å². The van der Waals surface area contributed by atoms with Crippen molar-refractivity contribution >= 4 is 17.7 Å². The minimum Gasteiger partial charge on any atom is -0.466 e. The van der Waals surface area contributed by atoms with Crippen LogP contribution < -0.4 is 15.5 Å². The van der Waals surface area contributed by atoms with Crippen LogP contribution in [0.3, 0.4) is 0 Å². The maximum absolute atomic E-state index is 13.4. The van der Waals surface area contributed by atoms with E-state index in [9.17, 15) is 14.0 Å². The molecule has 0 aliphatic carbocycles. The van der Waals surface area contributed by atoms with Crippen LogP contribution in [0.2, 0.25) is 0 Å². The Bertz CT molecular complexity index is 970. The van der Waals surface area contributed by atoms with Gasteiger partial charge in [0.15, 0.2) is 0 Å². The monoisotopic (exact) mass is 424 g/mol. The molecular weight excluding hydrogens is 399 g/mol. The molecule has 2 N–H and O–H groups in total. The Morgan fingerprint density at radius 2 is 1.74 bits per heavy atom. The highest BCUT2D eigenvalue weighted by Gasteiger charge is 2.34. The zero-order valence-corrected chi connectivity index (χ0v) is 17.3. The highest BCUT2D eigenvalue weighted by molar-refractivity contribution is 5.95. The molecule has 0 saturated carbocycles. The quantitative estimate of drug-likeness (QED) is 0.722. The molecule has 0 bridgehead atoms. The van der Waals surface area contributed by atoms with Crippen LogP contribution in [0.15, 0.2) is 65.9 Å². The summed E-state index contributed by atoms with van der Waals surface area (Å²) in [6.07, 6.45) is 0. The molecule has 7 nitrogen and oxygen atoms in total. The van der Waals surface area contributed by atoms with Crippen molar-refractivity contribution in [2.24, 2.45) is 0 Å². The number of para-hydroxylation sites is 1. The highest BCUT2D eigenvalue weighted by Crippen LogP contribution is 2.28. The van der Waals surface area contributed by atoms with Gasteiger partial charge in [-0.2, -0.15) is 0 Å². The lowest BCUT2D eigenvalue weighted by Crippen LogP contribution is -2.51. The maximum atomic E-state index is 13.4. The SMILES string of the molecule is COC(=O)C1=C(CN2CCN(c3ccccc3)CC2)NC(=O)NC1c1ccc(F)cc1. The summed E-state index contributed by atoms with van der Waals surface area (Å²) in [5.74, 6) is -0.913. The molecule has 0 spiro atoms. The van der Waals surface area contributed by atoms with Crippen LogP contribution in [0, 0.1) is 5.82 Å². The van der Waals surface area contributed by atoms with E-state index in [0.29, 0.717) is 23.4 Å². The third-order valence-corrected chi connectivity index (χ3v) is 5.64. The second-order valence-electron chi connectivity index (χ2n) is 7.57. The lowest BCUT2D eigenvalue weighted by molar-refractivity contribution is -0.136. The molecule has 1 unspecified atom stereocenters. The average Bonchev–Trinajstić information content (AvgIpc) is 2.80. The zero-order valence-electron chi connectivity index (χ0n) is 17.3. The van der Waals surface area contributed by atoms with E-state index in [0.717, 1.165) is 26.2 Å². The second kappa shape index (κ2) is 9.18. The van der Waals surface area contributed by atoms with Crippen LogP contribution in [0.4, 0.5) is 14.9 Å². The van der Waals surface area contributed by atoms with Crippen molar-refractivity contribution in [3.05, 3.63) is 77.2 Å². The van der Waals surface area contributed by atoms with Gasteiger partial charge in [0.25, 0.3) is 0 Å². The predicted octanol–water partition coefficient (Wildman–Crippen LogP) is 2.43. The first kappa shape index (κ1) is 20.9. The summed E-state index contributed by atoms with van der Waals surface area (Å²) < 4.78 is 18.4. The second-order valence-corrected chi connectivity index (χ2v) is 7.57. The van der Waals surface area contributed by atoms with Gasteiger partial charge in [-0.1, -0.05) is 30.3 Å². The molecule has 2 heterocycles. The molecule has 2 aliphatic heterocycles. The molecule has 1 fully saturated rings. The van der Waals surface area contributed by atoms with Crippen LogP contribution in [0.1, 0.15) is 11.6 Å². The van der Waals surface area contributed by atoms with Crippen molar-refractivity contribution in [3.8, 4) is 0 Å². The zero-order chi connectivity index (χ0) is 21.8. The van der Waals surface area contributed by atoms with Crippen LogP contribution in [0.25, 0.3) is 0 Å². The van der Waals surface area contributed by atoms with Gasteiger partial charge in [-0.15, -0.1) is 0 Å². The fourth-order valence-corrected chi connectivity index (χ4v) is 4.03. The third kappa shape index (κ3) is 4.69. The van der Waals surface area contributed by atoms with Crippen molar-refractivity contribution in [1.29, 1.82) is 0 Å². The Kier molecular flexibility index (Phi) is 6.18. The largest absolute Gasteiger partial charge is 0.466 e. The predicted molar refractivity (Wildman–Crippen MR) is 115 cm³/mol. The normalized spacial score (nSPS) is 19.6. The Hall–Kier alpha value is -3.39. The molecular formula is C23H25FN4O3. The van der Waals surface area contributed by atoms with Crippen molar-refractivity contribution in [1.82, 2.24) is 15.5 Å². The lowest BCUT2D eigenvalue weighted by atomic mass is 9.95. The van der Waals surface area contributed by atoms with Gasteiger partial charge in [0, 0.05) is 44.1 Å². The first-order valence-corrected chi connectivity index (χ1v) is 10.2. The first-order valence-electron chi connectivity index (χ1n) is 10.2. The molecule has 8 heteroatoms. The summed E-state index contributed by atoms with van der Waals surface area (Å²) in [5, 5.41) is 5.54. The molecule has 0 aromatic heterocycles. The van der Waals surface area contributed by atoms with E-state index < -0.39 is 18.0 Å². The van der Waals surface area contributed by atoms with E-state index in [2.05, 4.69) is 32.6 Å². The molecule has 2 amide bonds. The number of amides is 2. The topological polar surface area (TPSA) is 73.9 Å². The molecule has 4 rings (SSSR count). The molecule has 1 saturated heterocycles. The fraction of sp³-hybridized carbons (Fsp3) is 0.304. The number of halogens is 1. The van der Waals surface area contributed by atoms with Crippen LogP contribution in [-0.2, 0) is 9.53 Å². The van der Waals surface area contributed by atoms with E-state index in [1.165, 1.54) is 24.9 Å². The number of carbonyl (C=O) groups excluding carboxylic acids is 2.